The van der Waals surface area contributed by atoms with Gasteiger partial charge >= 0.3 is 0 Å². The van der Waals surface area contributed by atoms with E-state index in [0.29, 0.717) is 25.3 Å². The molecule has 1 rings (SSSR count). The highest BCUT2D eigenvalue weighted by atomic mass is 16.5. The van der Waals surface area contributed by atoms with Crippen molar-refractivity contribution < 1.29 is 14.6 Å². The number of rotatable bonds is 7. The van der Waals surface area contributed by atoms with Crippen molar-refractivity contribution in [1.82, 2.24) is 4.90 Å². The molecule has 20 heavy (non-hydrogen) atoms. The number of amides is 1. The van der Waals surface area contributed by atoms with E-state index in [0.717, 1.165) is 12.0 Å². The van der Waals surface area contributed by atoms with Crippen LogP contribution in [0.25, 0.3) is 0 Å². The van der Waals surface area contributed by atoms with Crippen LogP contribution in [0.2, 0.25) is 0 Å². The Morgan fingerprint density at radius 3 is 2.75 bits per heavy atom. The van der Waals surface area contributed by atoms with Gasteiger partial charge in [-0.1, -0.05) is 19.4 Å². The third-order valence-electron chi connectivity index (χ3n) is 3.46. The predicted octanol–water partition coefficient (Wildman–Crippen LogP) is 1.73. The Hall–Kier alpha value is -1.75. The molecule has 1 atom stereocenters. The summed E-state index contributed by atoms with van der Waals surface area (Å²) in [5.74, 6) is 0.824. The Labute approximate surface area is 120 Å². The van der Waals surface area contributed by atoms with Gasteiger partial charge in [-0.2, -0.15) is 0 Å². The highest BCUT2D eigenvalue weighted by molar-refractivity contribution is 5.76. The van der Waals surface area contributed by atoms with E-state index in [1.165, 1.54) is 7.11 Å². The molecule has 1 amide bonds. The van der Waals surface area contributed by atoms with Crippen LogP contribution in [0, 0.1) is 5.92 Å². The van der Waals surface area contributed by atoms with E-state index in [2.05, 4.69) is 0 Å². The molecule has 1 aromatic carbocycles. The number of nitrogens with two attached hydrogens (primary N) is 1. The Morgan fingerprint density at radius 2 is 2.20 bits per heavy atom. The number of phenols is 1. The highest BCUT2D eigenvalue weighted by Crippen LogP contribution is 2.26. The minimum atomic E-state index is 0.0781. The summed E-state index contributed by atoms with van der Waals surface area (Å²) in [6, 6.07) is 5.09. The number of hydrogen-bond acceptors (Lipinski definition) is 4. The van der Waals surface area contributed by atoms with Crippen LogP contribution >= 0.6 is 0 Å². The minimum absolute atomic E-state index is 0.0781. The lowest BCUT2D eigenvalue weighted by Crippen LogP contribution is -2.29. The summed E-state index contributed by atoms with van der Waals surface area (Å²) in [6.07, 6.45) is 1.38. The predicted molar refractivity (Wildman–Crippen MR) is 78.6 cm³/mol. The van der Waals surface area contributed by atoms with Gasteiger partial charge in [0.1, 0.15) is 0 Å². The van der Waals surface area contributed by atoms with Crippen LogP contribution in [0.3, 0.4) is 0 Å². The largest absolute Gasteiger partial charge is 0.504 e. The monoisotopic (exact) mass is 280 g/mol. The quantitative estimate of drug-likeness (QED) is 0.797. The molecular weight excluding hydrogens is 256 g/mol. The number of phenolic OH excluding ortho intramolecular Hbond substituents is 1. The number of aromatic hydroxyl groups is 1. The number of ether oxygens (including phenoxy) is 1. The molecule has 5 heteroatoms. The van der Waals surface area contributed by atoms with Crippen LogP contribution in [-0.2, 0) is 11.3 Å². The van der Waals surface area contributed by atoms with Crippen molar-refractivity contribution in [2.75, 3.05) is 20.7 Å². The van der Waals surface area contributed by atoms with Gasteiger partial charge in [-0.05, 0) is 30.2 Å². The van der Waals surface area contributed by atoms with Gasteiger partial charge in [-0.25, -0.2) is 0 Å². The SMILES string of the molecule is CCC(CN)CC(=O)N(C)Cc1ccc(O)c(OC)c1. The number of methoxy groups -OCH3 is 1. The fourth-order valence-electron chi connectivity index (χ4n) is 1.98. The average Bonchev–Trinajstić information content (AvgIpc) is 2.46. The van der Waals surface area contributed by atoms with Crippen molar-refractivity contribution in [3.63, 3.8) is 0 Å². The maximum Gasteiger partial charge on any atom is 0.222 e. The van der Waals surface area contributed by atoms with E-state index < -0.39 is 0 Å². The van der Waals surface area contributed by atoms with Gasteiger partial charge in [-0.3, -0.25) is 4.79 Å². The zero-order valence-corrected chi connectivity index (χ0v) is 12.4. The summed E-state index contributed by atoms with van der Waals surface area (Å²) >= 11 is 0. The van der Waals surface area contributed by atoms with Crippen LogP contribution in [0.15, 0.2) is 18.2 Å². The Kier molecular flexibility index (Phi) is 6.31. The Bertz CT molecular complexity index is 445. The fraction of sp³-hybridized carbons (Fsp3) is 0.533. The third kappa shape index (κ3) is 4.42. The average molecular weight is 280 g/mol. The lowest BCUT2D eigenvalue weighted by Gasteiger charge is -2.20. The highest BCUT2D eigenvalue weighted by Gasteiger charge is 2.15. The molecule has 1 unspecified atom stereocenters. The second-order valence-corrected chi connectivity index (χ2v) is 4.97. The summed E-state index contributed by atoms with van der Waals surface area (Å²) < 4.78 is 5.06. The molecule has 0 heterocycles. The van der Waals surface area contributed by atoms with Crippen LogP contribution in [0.5, 0.6) is 11.5 Å². The van der Waals surface area contributed by atoms with Gasteiger partial charge in [-0.15, -0.1) is 0 Å². The lowest BCUT2D eigenvalue weighted by molar-refractivity contribution is -0.131. The molecular formula is C15H24N2O3. The van der Waals surface area contributed by atoms with Crippen molar-refractivity contribution in [2.45, 2.75) is 26.3 Å². The molecule has 5 nitrogen and oxygen atoms in total. The molecule has 0 saturated heterocycles. The number of carbonyl (C=O) groups excluding carboxylic acids is 1. The number of nitrogens with zero attached hydrogens (tertiary/aromatic N) is 1. The molecule has 1 aromatic rings. The van der Waals surface area contributed by atoms with Crippen molar-refractivity contribution in [3.8, 4) is 11.5 Å². The van der Waals surface area contributed by atoms with Crippen molar-refractivity contribution >= 4 is 5.91 Å². The molecule has 0 aliphatic carbocycles. The fourth-order valence-corrected chi connectivity index (χ4v) is 1.98. The summed E-state index contributed by atoms with van der Waals surface area (Å²) in [6.45, 7) is 3.05. The van der Waals surface area contributed by atoms with E-state index in [1.54, 1.807) is 30.1 Å². The summed E-state index contributed by atoms with van der Waals surface area (Å²) in [5, 5.41) is 9.54. The first-order valence-corrected chi connectivity index (χ1v) is 6.81. The first-order chi connectivity index (χ1) is 9.51. The van der Waals surface area contributed by atoms with Gasteiger partial charge in [0.15, 0.2) is 11.5 Å². The van der Waals surface area contributed by atoms with E-state index in [9.17, 15) is 9.90 Å². The first kappa shape index (κ1) is 16.3. The molecule has 0 radical (unpaired) electrons. The van der Waals surface area contributed by atoms with Gasteiger partial charge < -0.3 is 20.5 Å². The minimum Gasteiger partial charge on any atom is -0.504 e. The van der Waals surface area contributed by atoms with Crippen LogP contribution < -0.4 is 10.5 Å². The standard InChI is InChI=1S/C15H24N2O3/c1-4-11(9-16)8-15(19)17(2)10-12-5-6-13(18)14(7-12)20-3/h5-7,11,18H,4,8-10,16H2,1-3H3. The zero-order valence-electron chi connectivity index (χ0n) is 12.4. The Balaban J connectivity index is 2.65. The molecule has 0 bridgehead atoms. The number of benzene rings is 1. The molecule has 112 valence electrons. The van der Waals surface area contributed by atoms with Crippen molar-refractivity contribution in [1.29, 1.82) is 0 Å². The zero-order chi connectivity index (χ0) is 15.1. The molecule has 0 aliphatic heterocycles. The van der Waals surface area contributed by atoms with Crippen LogP contribution in [-0.4, -0.2) is 36.6 Å². The van der Waals surface area contributed by atoms with E-state index in [-0.39, 0.29) is 17.6 Å². The number of carbonyl (C=O) groups is 1. The Morgan fingerprint density at radius 1 is 1.50 bits per heavy atom. The van der Waals surface area contributed by atoms with Gasteiger partial charge in [0.2, 0.25) is 5.91 Å². The topological polar surface area (TPSA) is 75.8 Å². The second kappa shape index (κ2) is 7.75. The van der Waals surface area contributed by atoms with E-state index in [1.807, 2.05) is 6.92 Å². The maximum atomic E-state index is 12.1. The molecule has 0 aromatic heterocycles. The van der Waals surface area contributed by atoms with Gasteiger partial charge in [0.25, 0.3) is 0 Å². The lowest BCUT2D eigenvalue weighted by atomic mass is 10.0. The van der Waals surface area contributed by atoms with Crippen molar-refractivity contribution in [3.05, 3.63) is 23.8 Å². The summed E-state index contributed by atoms with van der Waals surface area (Å²) in [7, 11) is 3.27. The second-order valence-electron chi connectivity index (χ2n) is 4.97. The molecule has 3 N–H and O–H groups in total. The van der Waals surface area contributed by atoms with E-state index in [4.69, 9.17) is 10.5 Å². The first-order valence-electron chi connectivity index (χ1n) is 6.81. The summed E-state index contributed by atoms with van der Waals surface area (Å²) in [4.78, 5) is 13.8. The molecule has 0 saturated carbocycles. The normalized spacial score (nSPS) is 12.0. The third-order valence-corrected chi connectivity index (χ3v) is 3.46. The van der Waals surface area contributed by atoms with Crippen LogP contribution in [0.4, 0.5) is 0 Å². The van der Waals surface area contributed by atoms with Gasteiger partial charge in [0.05, 0.1) is 7.11 Å². The maximum absolute atomic E-state index is 12.1. The van der Waals surface area contributed by atoms with E-state index >= 15 is 0 Å². The molecule has 0 spiro atoms. The summed E-state index contributed by atoms with van der Waals surface area (Å²) in [5.41, 5.74) is 6.54. The smallest absolute Gasteiger partial charge is 0.222 e. The van der Waals surface area contributed by atoms with Crippen LogP contribution in [0.1, 0.15) is 25.3 Å². The van der Waals surface area contributed by atoms with Crippen molar-refractivity contribution in [2.24, 2.45) is 11.7 Å². The van der Waals surface area contributed by atoms with Gasteiger partial charge in [0, 0.05) is 20.0 Å². The molecule has 0 fully saturated rings. The number of hydrogen-bond donors (Lipinski definition) is 2. The molecule has 0 aliphatic rings.